The van der Waals surface area contributed by atoms with Crippen molar-refractivity contribution in [2.75, 3.05) is 13.1 Å². The van der Waals surface area contributed by atoms with Crippen LogP contribution in [0.15, 0.2) is 16.3 Å². The van der Waals surface area contributed by atoms with Gasteiger partial charge in [-0.1, -0.05) is 19.8 Å². The number of sulfonamides is 1. The van der Waals surface area contributed by atoms with Gasteiger partial charge in [0.15, 0.2) is 0 Å². The molecule has 1 aliphatic heterocycles. The highest BCUT2D eigenvalue weighted by Gasteiger charge is 2.32. The molecule has 1 saturated heterocycles. The molecule has 1 aliphatic rings. The Morgan fingerprint density at radius 1 is 1.35 bits per heavy atom. The van der Waals surface area contributed by atoms with Crippen molar-refractivity contribution in [2.45, 2.75) is 55.7 Å². The maximum absolute atomic E-state index is 12.8. The van der Waals surface area contributed by atoms with Crippen molar-refractivity contribution < 1.29 is 8.42 Å². The molecule has 114 valence electrons. The monoisotopic (exact) mass is 316 g/mol. The van der Waals surface area contributed by atoms with Crippen molar-refractivity contribution in [3.8, 4) is 0 Å². The van der Waals surface area contributed by atoms with E-state index in [0.717, 1.165) is 43.4 Å². The molecule has 2 heterocycles. The van der Waals surface area contributed by atoms with Crippen LogP contribution in [0.25, 0.3) is 0 Å². The lowest BCUT2D eigenvalue weighted by molar-refractivity contribution is 0.316. The first-order valence-corrected chi connectivity index (χ1v) is 9.66. The van der Waals surface area contributed by atoms with Crippen molar-refractivity contribution >= 4 is 21.4 Å². The predicted molar refractivity (Wildman–Crippen MR) is 83.5 cm³/mol. The highest BCUT2D eigenvalue weighted by Crippen LogP contribution is 2.30. The van der Waals surface area contributed by atoms with E-state index in [9.17, 15) is 8.42 Å². The third kappa shape index (κ3) is 3.42. The number of nitrogens with two attached hydrogens (primary N) is 1. The second-order valence-electron chi connectivity index (χ2n) is 5.29. The molecule has 20 heavy (non-hydrogen) atoms. The van der Waals surface area contributed by atoms with Crippen molar-refractivity contribution in [3.05, 3.63) is 17.0 Å². The Kier molecular flexibility index (Phi) is 5.60. The summed E-state index contributed by atoms with van der Waals surface area (Å²) in [4.78, 5) is 1.05. The highest BCUT2D eigenvalue weighted by molar-refractivity contribution is 7.91. The summed E-state index contributed by atoms with van der Waals surface area (Å²) in [5.41, 5.74) is 5.53. The minimum Gasteiger partial charge on any atom is -0.330 e. The van der Waals surface area contributed by atoms with Crippen molar-refractivity contribution in [3.63, 3.8) is 0 Å². The standard InChI is InChI=1S/C14H24N2O2S2/c1-2-12-6-4-3-5-11-16(12)20(17,18)14-8-7-13(19-14)9-10-15/h7-8,12H,2-6,9-11,15H2,1H3. The summed E-state index contributed by atoms with van der Waals surface area (Å²) in [7, 11) is -3.33. The molecular formula is C14H24N2O2S2. The molecule has 2 N–H and O–H groups in total. The fourth-order valence-corrected chi connectivity index (χ4v) is 6.03. The van der Waals surface area contributed by atoms with Crippen LogP contribution in [0.5, 0.6) is 0 Å². The fourth-order valence-electron chi connectivity index (χ4n) is 2.76. The summed E-state index contributed by atoms with van der Waals surface area (Å²) in [6.07, 6.45) is 5.85. The first-order valence-electron chi connectivity index (χ1n) is 7.40. The third-order valence-electron chi connectivity index (χ3n) is 3.89. The number of rotatable bonds is 5. The fraction of sp³-hybridized carbons (Fsp3) is 0.714. The zero-order valence-corrected chi connectivity index (χ0v) is 13.7. The van der Waals surface area contributed by atoms with Gasteiger partial charge >= 0.3 is 0 Å². The van der Waals surface area contributed by atoms with E-state index in [-0.39, 0.29) is 6.04 Å². The van der Waals surface area contributed by atoms with Gasteiger partial charge in [0.25, 0.3) is 10.0 Å². The van der Waals surface area contributed by atoms with Crippen molar-refractivity contribution in [1.82, 2.24) is 4.31 Å². The number of nitrogens with zero attached hydrogens (tertiary/aromatic N) is 1. The summed E-state index contributed by atoms with van der Waals surface area (Å²) in [6.45, 7) is 3.29. The Labute approximate surface area is 126 Å². The molecule has 4 nitrogen and oxygen atoms in total. The Bertz CT molecular complexity index is 525. The van der Waals surface area contributed by atoms with Crippen LogP contribution in [0.2, 0.25) is 0 Å². The first kappa shape index (κ1) is 15.9. The van der Waals surface area contributed by atoms with Crippen LogP contribution in [0.1, 0.15) is 43.9 Å². The van der Waals surface area contributed by atoms with Gasteiger partial charge in [-0.15, -0.1) is 11.3 Å². The minimum absolute atomic E-state index is 0.155. The zero-order valence-electron chi connectivity index (χ0n) is 12.0. The van der Waals surface area contributed by atoms with Crippen LogP contribution in [0.3, 0.4) is 0 Å². The van der Waals surface area contributed by atoms with E-state index in [1.165, 1.54) is 11.3 Å². The van der Waals surface area contributed by atoms with Gasteiger partial charge in [-0.05, 0) is 44.4 Å². The summed E-state index contributed by atoms with van der Waals surface area (Å²) >= 11 is 1.37. The molecule has 0 radical (unpaired) electrons. The second-order valence-corrected chi connectivity index (χ2v) is 8.57. The van der Waals surface area contributed by atoms with Gasteiger partial charge in [0.2, 0.25) is 0 Å². The lowest BCUT2D eigenvalue weighted by Gasteiger charge is -2.27. The molecule has 1 atom stereocenters. The largest absolute Gasteiger partial charge is 0.330 e. The minimum atomic E-state index is -3.33. The summed E-state index contributed by atoms with van der Waals surface area (Å²) < 4.78 is 27.9. The smallest absolute Gasteiger partial charge is 0.252 e. The Morgan fingerprint density at radius 3 is 2.85 bits per heavy atom. The Balaban J connectivity index is 2.26. The summed E-state index contributed by atoms with van der Waals surface area (Å²) in [5.74, 6) is 0. The number of thiophene rings is 1. The van der Waals surface area contributed by atoms with Crippen molar-refractivity contribution in [2.24, 2.45) is 5.73 Å². The zero-order chi connectivity index (χ0) is 14.6. The molecule has 0 amide bonds. The van der Waals surface area contributed by atoms with Gasteiger partial charge in [-0.2, -0.15) is 4.31 Å². The van der Waals surface area contributed by atoms with Crippen LogP contribution in [0.4, 0.5) is 0 Å². The van der Waals surface area contributed by atoms with Crippen LogP contribution in [-0.2, 0) is 16.4 Å². The summed E-state index contributed by atoms with van der Waals surface area (Å²) in [6, 6.07) is 3.79. The molecule has 0 spiro atoms. The molecule has 1 unspecified atom stereocenters. The van der Waals surface area contributed by atoms with Gasteiger partial charge in [0.05, 0.1) is 0 Å². The average Bonchev–Trinajstić information content (AvgIpc) is 2.76. The topological polar surface area (TPSA) is 63.4 Å². The van der Waals surface area contributed by atoms with Crippen LogP contribution in [0, 0.1) is 0 Å². The molecule has 2 rings (SSSR count). The van der Waals surface area contributed by atoms with E-state index in [4.69, 9.17) is 5.73 Å². The van der Waals surface area contributed by atoms with Crippen molar-refractivity contribution in [1.29, 1.82) is 0 Å². The van der Waals surface area contributed by atoms with Crippen LogP contribution < -0.4 is 5.73 Å². The van der Waals surface area contributed by atoms with Crippen LogP contribution >= 0.6 is 11.3 Å². The van der Waals surface area contributed by atoms with Gasteiger partial charge < -0.3 is 5.73 Å². The lowest BCUT2D eigenvalue weighted by atomic mass is 10.1. The normalized spacial score (nSPS) is 21.8. The van der Waals surface area contributed by atoms with Gasteiger partial charge in [-0.3, -0.25) is 0 Å². The first-order chi connectivity index (χ1) is 9.59. The molecule has 0 bridgehead atoms. The predicted octanol–water partition coefficient (Wildman–Crippen LogP) is 2.59. The average molecular weight is 316 g/mol. The molecule has 1 aromatic rings. The maximum Gasteiger partial charge on any atom is 0.252 e. The lowest BCUT2D eigenvalue weighted by Crippen LogP contribution is -2.39. The van der Waals surface area contributed by atoms with E-state index in [1.54, 1.807) is 10.4 Å². The third-order valence-corrected chi connectivity index (χ3v) is 7.45. The van der Waals surface area contributed by atoms with Crippen LogP contribution in [-0.4, -0.2) is 31.9 Å². The van der Waals surface area contributed by atoms with E-state index < -0.39 is 10.0 Å². The number of hydrogen-bond acceptors (Lipinski definition) is 4. The van der Waals surface area contributed by atoms with Gasteiger partial charge in [0.1, 0.15) is 4.21 Å². The van der Waals surface area contributed by atoms with Gasteiger partial charge in [0, 0.05) is 17.5 Å². The molecule has 0 saturated carbocycles. The molecule has 0 aromatic carbocycles. The molecule has 1 aromatic heterocycles. The van der Waals surface area contributed by atoms with E-state index >= 15 is 0 Å². The van der Waals surface area contributed by atoms with E-state index in [2.05, 4.69) is 6.92 Å². The second kappa shape index (κ2) is 7.02. The van der Waals surface area contributed by atoms with E-state index in [1.807, 2.05) is 6.07 Å². The van der Waals surface area contributed by atoms with Gasteiger partial charge in [-0.25, -0.2) is 8.42 Å². The molecule has 1 fully saturated rings. The Hall–Kier alpha value is -0.430. The quantitative estimate of drug-likeness (QED) is 0.908. The Morgan fingerprint density at radius 2 is 2.15 bits per heavy atom. The molecule has 6 heteroatoms. The molecule has 0 aliphatic carbocycles. The summed E-state index contributed by atoms with van der Waals surface area (Å²) in [5, 5.41) is 0. The maximum atomic E-state index is 12.8. The highest BCUT2D eigenvalue weighted by atomic mass is 32.2. The molecular weight excluding hydrogens is 292 g/mol. The van der Waals surface area contributed by atoms with E-state index in [0.29, 0.717) is 17.3 Å². The number of hydrogen-bond donors (Lipinski definition) is 1. The SMILES string of the molecule is CCC1CCCCCN1S(=O)(=O)c1ccc(CCN)s1.